The van der Waals surface area contributed by atoms with Crippen LogP contribution in [0.5, 0.6) is 0 Å². The van der Waals surface area contributed by atoms with E-state index >= 15 is 0 Å². The lowest BCUT2D eigenvalue weighted by Crippen LogP contribution is -2.41. The molecule has 4 heteroatoms. The molecule has 0 radical (unpaired) electrons. The molecule has 1 saturated heterocycles. The highest BCUT2D eigenvalue weighted by Crippen LogP contribution is 2.41. The Morgan fingerprint density at radius 2 is 1.96 bits per heavy atom. The molecule has 2 unspecified atom stereocenters. The van der Waals surface area contributed by atoms with Crippen LogP contribution in [0.1, 0.15) is 62.1 Å². The number of amides is 1. The van der Waals surface area contributed by atoms with Crippen molar-refractivity contribution in [1.82, 2.24) is 10.2 Å². The first kappa shape index (κ1) is 16.8. The maximum Gasteiger partial charge on any atom is 0.224 e. The van der Waals surface area contributed by atoms with Crippen LogP contribution in [0.25, 0.3) is 0 Å². The van der Waals surface area contributed by atoms with Crippen molar-refractivity contribution in [2.24, 2.45) is 0 Å². The second-order valence-electron chi connectivity index (χ2n) is 7.14. The summed E-state index contributed by atoms with van der Waals surface area (Å²) in [6.45, 7) is 1.08. The third kappa shape index (κ3) is 3.56. The number of hydrogen-bond donors (Lipinski definition) is 1. The van der Waals surface area contributed by atoms with Gasteiger partial charge in [-0.1, -0.05) is 24.3 Å². The summed E-state index contributed by atoms with van der Waals surface area (Å²) in [5, 5.41) is 3.48. The number of hydrogen-bond acceptors (Lipinski definition) is 2. The molecule has 2 fully saturated rings. The van der Waals surface area contributed by atoms with Crippen molar-refractivity contribution >= 4 is 18.3 Å². The minimum Gasteiger partial charge on any atom is -0.333 e. The van der Waals surface area contributed by atoms with E-state index in [1.807, 2.05) is 0 Å². The number of carbonyl (C=O) groups is 1. The van der Waals surface area contributed by atoms with Crippen molar-refractivity contribution in [3.8, 4) is 0 Å². The second-order valence-corrected chi connectivity index (χ2v) is 7.14. The lowest BCUT2D eigenvalue weighted by molar-refractivity contribution is -0.135. The molecular weight excluding hydrogens is 308 g/mol. The van der Waals surface area contributed by atoms with Gasteiger partial charge in [-0.05, 0) is 62.6 Å². The van der Waals surface area contributed by atoms with Gasteiger partial charge in [0.05, 0.1) is 6.04 Å². The number of carbonyl (C=O) groups excluding carboxylic acids is 1. The van der Waals surface area contributed by atoms with Crippen LogP contribution in [-0.4, -0.2) is 29.4 Å². The minimum absolute atomic E-state index is 0. The Kier molecular flexibility index (Phi) is 5.27. The van der Waals surface area contributed by atoms with Crippen LogP contribution in [0.15, 0.2) is 24.3 Å². The fourth-order valence-electron chi connectivity index (χ4n) is 4.25. The van der Waals surface area contributed by atoms with Crippen LogP contribution in [0.3, 0.4) is 0 Å². The Labute approximate surface area is 145 Å². The number of nitrogens with zero attached hydrogens (tertiary/aromatic N) is 1. The first-order valence-electron chi connectivity index (χ1n) is 8.95. The molecule has 3 nitrogen and oxygen atoms in total. The number of nitrogens with one attached hydrogen (secondary N) is 1. The fourth-order valence-corrected chi connectivity index (χ4v) is 4.25. The molecule has 0 aromatic heterocycles. The summed E-state index contributed by atoms with van der Waals surface area (Å²) in [5.74, 6) is 0.378. The molecule has 2 aliphatic carbocycles. The van der Waals surface area contributed by atoms with Gasteiger partial charge < -0.3 is 10.2 Å². The Morgan fingerprint density at radius 3 is 2.70 bits per heavy atom. The van der Waals surface area contributed by atoms with Gasteiger partial charge in [0, 0.05) is 18.5 Å². The molecule has 1 N–H and O–H groups in total. The topological polar surface area (TPSA) is 32.3 Å². The largest absolute Gasteiger partial charge is 0.333 e. The van der Waals surface area contributed by atoms with Gasteiger partial charge in [0.25, 0.3) is 0 Å². The predicted molar refractivity (Wildman–Crippen MR) is 94.9 cm³/mol. The van der Waals surface area contributed by atoms with Crippen molar-refractivity contribution in [3.05, 3.63) is 35.4 Å². The Morgan fingerprint density at radius 1 is 1.13 bits per heavy atom. The predicted octanol–water partition coefficient (Wildman–Crippen LogP) is 3.62. The molecule has 0 spiro atoms. The van der Waals surface area contributed by atoms with E-state index < -0.39 is 0 Å². The summed E-state index contributed by atoms with van der Waals surface area (Å²) in [5.41, 5.74) is 2.87. The van der Waals surface area contributed by atoms with Gasteiger partial charge in [0.1, 0.15) is 0 Å². The first-order chi connectivity index (χ1) is 10.8. The molecule has 1 aliphatic heterocycles. The van der Waals surface area contributed by atoms with E-state index in [0.29, 0.717) is 30.5 Å². The zero-order chi connectivity index (χ0) is 14.9. The van der Waals surface area contributed by atoms with Gasteiger partial charge in [0.15, 0.2) is 0 Å². The zero-order valence-corrected chi connectivity index (χ0v) is 14.5. The standard InChI is InChI=1S/C19H26N2O.ClH/c22-19(13-15-7-4-12-20-15)21(16-10-11-16)18-9-3-6-14-5-1-2-8-17(14)18;/h1-2,5,8,15-16,18,20H,3-4,6-7,9-13H2;1H. The number of aryl methyl sites for hydroxylation is 1. The van der Waals surface area contributed by atoms with Crippen LogP contribution in [0.2, 0.25) is 0 Å². The normalized spacial score (nSPS) is 26.3. The third-order valence-corrected chi connectivity index (χ3v) is 5.49. The van der Waals surface area contributed by atoms with Gasteiger partial charge in [-0.25, -0.2) is 0 Å². The van der Waals surface area contributed by atoms with Crippen molar-refractivity contribution in [1.29, 1.82) is 0 Å². The van der Waals surface area contributed by atoms with Crippen molar-refractivity contribution in [2.45, 2.75) is 69.5 Å². The molecule has 1 aromatic rings. The number of fused-ring (bicyclic) bond motifs is 1. The average molecular weight is 335 g/mol. The summed E-state index contributed by atoms with van der Waals surface area (Å²) in [7, 11) is 0. The van der Waals surface area contributed by atoms with Gasteiger partial charge in [-0.3, -0.25) is 4.79 Å². The van der Waals surface area contributed by atoms with Crippen LogP contribution >= 0.6 is 12.4 Å². The number of halogens is 1. The lowest BCUT2D eigenvalue weighted by atomic mass is 9.86. The third-order valence-electron chi connectivity index (χ3n) is 5.49. The maximum absolute atomic E-state index is 13.0. The molecule has 23 heavy (non-hydrogen) atoms. The summed E-state index contributed by atoms with van der Waals surface area (Å²) in [6, 6.07) is 9.99. The summed E-state index contributed by atoms with van der Waals surface area (Å²) >= 11 is 0. The molecular formula is C19H27ClN2O. The van der Waals surface area contributed by atoms with Crippen LogP contribution in [-0.2, 0) is 11.2 Å². The molecule has 1 saturated carbocycles. The van der Waals surface area contributed by atoms with Gasteiger partial charge in [-0.15, -0.1) is 12.4 Å². The molecule has 2 atom stereocenters. The molecule has 3 aliphatic rings. The summed E-state index contributed by atoms with van der Waals surface area (Å²) in [4.78, 5) is 15.2. The second kappa shape index (κ2) is 7.23. The Balaban J connectivity index is 0.00000156. The van der Waals surface area contributed by atoms with E-state index in [4.69, 9.17) is 0 Å². The van der Waals surface area contributed by atoms with E-state index in [1.165, 1.54) is 43.2 Å². The molecule has 4 rings (SSSR count). The number of rotatable bonds is 4. The maximum atomic E-state index is 13.0. The van der Waals surface area contributed by atoms with E-state index in [-0.39, 0.29) is 12.4 Å². The Bertz CT molecular complexity index is 552. The van der Waals surface area contributed by atoms with Crippen LogP contribution in [0.4, 0.5) is 0 Å². The zero-order valence-electron chi connectivity index (χ0n) is 13.7. The smallest absolute Gasteiger partial charge is 0.224 e. The summed E-state index contributed by atoms with van der Waals surface area (Å²) in [6.07, 6.45) is 8.97. The van der Waals surface area contributed by atoms with Crippen molar-refractivity contribution < 1.29 is 4.79 Å². The molecule has 126 valence electrons. The van der Waals surface area contributed by atoms with E-state index in [1.54, 1.807) is 0 Å². The summed E-state index contributed by atoms with van der Waals surface area (Å²) < 4.78 is 0. The van der Waals surface area contributed by atoms with Crippen LogP contribution < -0.4 is 5.32 Å². The van der Waals surface area contributed by atoms with Gasteiger partial charge in [0.2, 0.25) is 5.91 Å². The van der Waals surface area contributed by atoms with Gasteiger partial charge in [-0.2, -0.15) is 0 Å². The van der Waals surface area contributed by atoms with Gasteiger partial charge >= 0.3 is 0 Å². The van der Waals surface area contributed by atoms with Crippen molar-refractivity contribution in [3.63, 3.8) is 0 Å². The lowest BCUT2D eigenvalue weighted by Gasteiger charge is -2.37. The highest BCUT2D eigenvalue weighted by Gasteiger charge is 2.39. The molecule has 0 bridgehead atoms. The first-order valence-corrected chi connectivity index (χ1v) is 8.95. The van der Waals surface area contributed by atoms with Crippen molar-refractivity contribution in [2.75, 3.05) is 6.54 Å². The quantitative estimate of drug-likeness (QED) is 0.912. The minimum atomic E-state index is 0. The van der Waals surface area contributed by atoms with E-state index in [0.717, 1.165) is 19.4 Å². The van der Waals surface area contributed by atoms with Crippen LogP contribution in [0, 0.1) is 0 Å². The average Bonchev–Trinajstić information content (AvgIpc) is 3.24. The SMILES string of the molecule is Cl.O=C(CC1CCCN1)N(C1CC1)C1CCCc2ccccc21. The highest BCUT2D eigenvalue weighted by molar-refractivity contribution is 5.85. The molecule has 1 aromatic carbocycles. The fraction of sp³-hybridized carbons (Fsp3) is 0.632. The monoisotopic (exact) mass is 334 g/mol. The Hall–Kier alpha value is -1.06. The molecule has 1 amide bonds. The highest BCUT2D eigenvalue weighted by atomic mass is 35.5. The van der Waals surface area contributed by atoms with E-state index in [2.05, 4.69) is 34.5 Å². The van der Waals surface area contributed by atoms with E-state index in [9.17, 15) is 4.79 Å². The number of benzene rings is 1. The molecule has 1 heterocycles.